The minimum Gasteiger partial charge on any atom is -0.497 e. The van der Waals surface area contributed by atoms with Crippen LogP contribution in [-0.4, -0.2) is 45.6 Å². The van der Waals surface area contributed by atoms with Crippen molar-refractivity contribution < 1.29 is 14.6 Å². The molecular formula is C26H35N3O3. The molecule has 0 saturated carbocycles. The third-order valence-electron chi connectivity index (χ3n) is 5.70. The lowest BCUT2D eigenvalue weighted by Crippen LogP contribution is -2.37. The van der Waals surface area contributed by atoms with Gasteiger partial charge in [0.2, 0.25) is 5.88 Å². The van der Waals surface area contributed by atoms with Crippen molar-refractivity contribution in [1.82, 2.24) is 14.7 Å². The van der Waals surface area contributed by atoms with Gasteiger partial charge in [-0.1, -0.05) is 32.0 Å². The Morgan fingerprint density at radius 2 is 1.66 bits per heavy atom. The number of aliphatic hydroxyl groups excluding tert-OH is 1. The van der Waals surface area contributed by atoms with Gasteiger partial charge in [0.15, 0.2) is 0 Å². The fraction of sp³-hybridized carbons (Fsp3) is 0.423. The number of rotatable bonds is 11. The molecule has 0 spiro atoms. The van der Waals surface area contributed by atoms with Crippen molar-refractivity contribution in [2.75, 3.05) is 13.7 Å². The standard InChI is InChI=1S/C26H35N3O3/c1-6-19(3)28(17-20(4)30)18-24-25(7-2)27-29(21-11-9-8-10-12-21)26(24)32-23-15-13-22(31-5)14-16-23/h8-16,19-20,30H,6-7,17-18H2,1-5H3/t19-,20-/m1/s1. The molecule has 0 saturated heterocycles. The van der Waals surface area contributed by atoms with E-state index in [1.807, 2.05) is 66.2 Å². The highest BCUT2D eigenvalue weighted by molar-refractivity contribution is 5.44. The van der Waals surface area contributed by atoms with E-state index >= 15 is 0 Å². The number of methoxy groups -OCH3 is 1. The van der Waals surface area contributed by atoms with Crippen LogP contribution in [-0.2, 0) is 13.0 Å². The van der Waals surface area contributed by atoms with Crippen molar-refractivity contribution >= 4 is 0 Å². The molecule has 0 unspecified atom stereocenters. The number of aliphatic hydroxyl groups is 1. The molecule has 6 nitrogen and oxygen atoms in total. The van der Waals surface area contributed by atoms with Crippen LogP contribution in [0, 0.1) is 0 Å². The summed E-state index contributed by atoms with van der Waals surface area (Å²) in [6.07, 6.45) is 1.37. The Morgan fingerprint density at radius 1 is 1.00 bits per heavy atom. The van der Waals surface area contributed by atoms with Crippen LogP contribution in [0.2, 0.25) is 0 Å². The van der Waals surface area contributed by atoms with E-state index < -0.39 is 6.10 Å². The highest BCUT2D eigenvalue weighted by Gasteiger charge is 2.24. The number of hydrogen-bond donors (Lipinski definition) is 1. The van der Waals surface area contributed by atoms with Gasteiger partial charge in [-0.05, 0) is 63.1 Å². The molecular weight excluding hydrogens is 402 g/mol. The summed E-state index contributed by atoms with van der Waals surface area (Å²) < 4.78 is 13.6. The number of aryl methyl sites for hydroxylation is 1. The van der Waals surface area contributed by atoms with Crippen LogP contribution in [0.25, 0.3) is 5.69 Å². The van der Waals surface area contributed by atoms with Crippen molar-refractivity contribution in [3.05, 3.63) is 65.9 Å². The quantitative estimate of drug-likeness (QED) is 0.446. The van der Waals surface area contributed by atoms with Crippen LogP contribution < -0.4 is 9.47 Å². The van der Waals surface area contributed by atoms with Crippen LogP contribution >= 0.6 is 0 Å². The molecule has 0 aliphatic rings. The van der Waals surface area contributed by atoms with Crippen molar-refractivity contribution in [1.29, 1.82) is 0 Å². The van der Waals surface area contributed by atoms with Crippen LogP contribution in [0.15, 0.2) is 54.6 Å². The van der Waals surface area contributed by atoms with Gasteiger partial charge < -0.3 is 14.6 Å². The number of aromatic nitrogens is 2. The Kier molecular flexibility index (Phi) is 8.31. The first-order valence-electron chi connectivity index (χ1n) is 11.4. The van der Waals surface area contributed by atoms with E-state index in [4.69, 9.17) is 14.6 Å². The number of ether oxygens (including phenoxy) is 2. The molecule has 2 atom stereocenters. The number of nitrogens with zero attached hydrogens (tertiary/aromatic N) is 3. The fourth-order valence-corrected chi connectivity index (χ4v) is 3.73. The minimum absolute atomic E-state index is 0.322. The molecule has 0 amide bonds. The summed E-state index contributed by atoms with van der Waals surface area (Å²) in [6.45, 7) is 9.55. The summed E-state index contributed by atoms with van der Waals surface area (Å²) in [5.41, 5.74) is 2.99. The predicted molar refractivity (Wildman–Crippen MR) is 128 cm³/mol. The summed E-state index contributed by atoms with van der Waals surface area (Å²) in [4.78, 5) is 2.30. The summed E-state index contributed by atoms with van der Waals surface area (Å²) in [7, 11) is 1.65. The molecule has 0 aliphatic heterocycles. The molecule has 32 heavy (non-hydrogen) atoms. The van der Waals surface area contributed by atoms with Crippen molar-refractivity contribution in [3.63, 3.8) is 0 Å². The van der Waals surface area contributed by atoms with Gasteiger partial charge in [-0.3, -0.25) is 4.90 Å². The summed E-state index contributed by atoms with van der Waals surface area (Å²) in [5, 5.41) is 15.0. The molecule has 1 heterocycles. The lowest BCUT2D eigenvalue weighted by molar-refractivity contribution is 0.0953. The molecule has 172 valence electrons. The van der Waals surface area contributed by atoms with E-state index in [9.17, 15) is 5.11 Å². The summed E-state index contributed by atoms with van der Waals surface area (Å²) >= 11 is 0. The maximum absolute atomic E-state index is 10.1. The van der Waals surface area contributed by atoms with E-state index in [-0.39, 0.29) is 0 Å². The zero-order chi connectivity index (χ0) is 23.1. The lowest BCUT2D eigenvalue weighted by atomic mass is 10.1. The summed E-state index contributed by atoms with van der Waals surface area (Å²) in [6, 6.07) is 17.9. The zero-order valence-corrected chi connectivity index (χ0v) is 19.8. The lowest BCUT2D eigenvalue weighted by Gasteiger charge is -2.29. The van der Waals surface area contributed by atoms with Gasteiger partial charge in [0.05, 0.1) is 30.2 Å². The molecule has 2 aromatic carbocycles. The van der Waals surface area contributed by atoms with Gasteiger partial charge in [-0.2, -0.15) is 5.10 Å². The average Bonchev–Trinajstić information content (AvgIpc) is 3.15. The van der Waals surface area contributed by atoms with Crippen LogP contribution in [0.3, 0.4) is 0 Å². The van der Waals surface area contributed by atoms with Gasteiger partial charge in [0, 0.05) is 19.1 Å². The molecule has 3 rings (SSSR count). The number of para-hydroxylation sites is 1. The fourth-order valence-electron chi connectivity index (χ4n) is 3.73. The highest BCUT2D eigenvalue weighted by atomic mass is 16.5. The normalized spacial score (nSPS) is 13.2. The average molecular weight is 438 g/mol. The Labute approximate surface area is 191 Å². The molecule has 0 radical (unpaired) electrons. The first-order chi connectivity index (χ1) is 15.5. The molecule has 1 aromatic heterocycles. The minimum atomic E-state index is -0.413. The van der Waals surface area contributed by atoms with Crippen molar-refractivity contribution in [3.8, 4) is 23.1 Å². The second-order valence-corrected chi connectivity index (χ2v) is 8.14. The van der Waals surface area contributed by atoms with E-state index in [1.54, 1.807) is 7.11 Å². The third-order valence-corrected chi connectivity index (χ3v) is 5.70. The Balaban J connectivity index is 2.08. The van der Waals surface area contributed by atoms with Crippen molar-refractivity contribution in [2.45, 2.75) is 59.2 Å². The van der Waals surface area contributed by atoms with Crippen molar-refractivity contribution in [2.24, 2.45) is 0 Å². The second-order valence-electron chi connectivity index (χ2n) is 8.14. The smallest absolute Gasteiger partial charge is 0.227 e. The maximum atomic E-state index is 10.1. The molecule has 6 heteroatoms. The number of benzene rings is 2. The maximum Gasteiger partial charge on any atom is 0.227 e. The molecule has 0 bridgehead atoms. The zero-order valence-electron chi connectivity index (χ0n) is 19.8. The van der Waals surface area contributed by atoms with Crippen LogP contribution in [0.5, 0.6) is 17.4 Å². The van der Waals surface area contributed by atoms with Crippen LogP contribution in [0.1, 0.15) is 45.4 Å². The Bertz CT molecular complexity index is 968. The largest absolute Gasteiger partial charge is 0.497 e. The predicted octanol–water partition coefficient (Wildman–Crippen LogP) is 5.22. The Hall–Kier alpha value is -2.83. The van der Waals surface area contributed by atoms with Gasteiger partial charge in [-0.15, -0.1) is 0 Å². The van der Waals surface area contributed by atoms with Gasteiger partial charge in [0.25, 0.3) is 0 Å². The topological polar surface area (TPSA) is 59.8 Å². The van der Waals surface area contributed by atoms with Gasteiger partial charge >= 0.3 is 0 Å². The molecule has 0 fully saturated rings. The first kappa shape index (κ1) is 23.8. The van der Waals surface area contributed by atoms with E-state index in [0.717, 1.165) is 41.3 Å². The Morgan fingerprint density at radius 3 is 2.22 bits per heavy atom. The second kappa shape index (κ2) is 11.2. The molecule has 0 aliphatic carbocycles. The van der Waals surface area contributed by atoms with E-state index in [1.165, 1.54) is 0 Å². The van der Waals surface area contributed by atoms with Gasteiger partial charge in [0.1, 0.15) is 11.5 Å². The van der Waals surface area contributed by atoms with E-state index in [0.29, 0.717) is 25.0 Å². The number of hydrogen-bond acceptors (Lipinski definition) is 5. The van der Waals surface area contributed by atoms with E-state index in [2.05, 4.69) is 25.7 Å². The van der Waals surface area contributed by atoms with Gasteiger partial charge in [-0.25, -0.2) is 4.68 Å². The molecule has 3 aromatic rings. The monoisotopic (exact) mass is 437 g/mol. The SMILES string of the molecule is CCc1nn(-c2ccccc2)c(Oc2ccc(OC)cc2)c1CN(C[C@@H](C)O)[C@H](C)CC. The summed E-state index contributed by atoms with van der Waals surface area (Å²) in [5.74, 6) is 2.21. The first-order valence-corrected chi connectivity index (χ1v) is 11.4. The highest BCUT2D eigenvalue weighted by Crippen LogP contribution is 2.33. The molecule has 1 N–H and O–H groups in total. The third kappa shape index (κ3) is 5.69. The van der Waals surface area contributed by atoms with Crippen LogP contribution in [0.4, 0.5) is 0 Å².